The number of phosphoric ester groups is 1. The van der Waals surface area contributed by atoms with Crippen LogP contribution in [-0.4, -0.2) is 19.8 Å². The summed E-state index contributed by atoms with van der Waals surface area (Å²) in [4.78, 5) is 0. The van der Waals surface area contributed by atoms with Crippen LogP contribution in [0, 0.1) is 0 Å². The van der Waals surface area contributed by atoms with Crippen molar-refractivity contribution in [2.24, 2.45) is 0 Å². The first-order valence-corrected chi connectivity index (χ1v) is 13.0. The van der Waals surface area contributed by atoms with Gasteiger partial charge in [-0.3, -0.25) is 9.05 Å². The Labute approximate surface area is 174 Å². The maximum absolute atomic E-state index is 12.4. The second-order valence-corrected chi connectivity index (χ2v) is 8.60. The summed E-state index contributed by atoms with van der Waals surface area (Å²) < 4.78 is 33.6. The summed E-state index contributed by atoms with van der Waals surface area (Å²) in [6, 6.07) is 0. The molecule has 168 valence electrons. The number of ether oxygens (including phenoxy) is 1. The van der Waals surface area contributed by atoms with Crippen molar-refractivity contribution in [1.82, 2.24) is 0 Å². The van der Waals surface area contributed by atoms with Gasteiger partial charge < -0.3 is 9.26 Å². The highest BCUT2D eigenvalue weighted by Crippen LogP contribution is 2.51. The number of phosphoric acid groups is 1. The van der Waals surface area contributed by atoms with Gasteiger partial charge in [0.25, 0.3) is 5.95 Å². The van der Waals surface area contributed by atoms with Gasteiger partial charge in [0.2, 0.25) is 0 Å². The first-order valence-electron chi connectivity index (χ1n) is 11.5. The van der Waals surface area contributed by atoms with Crippen molar-refractivity contribution in [3.8, 4) is 0 Å². The lowest BCUT2D eigenvalue weighted by Crippen LogP contribution is -2.03. The van der Waals surface area contributed by atoms with Crippen molar-refractivity contribution >= 4 is 7.82 Å². The van der Waals surface area contributed by atoms with E-state index in [2.05, 4.69) is 6.92 Å². The molecule has 0 aromatic rings. The molecule has 0 aliphatic rings. The molecule has 5 nitrogen and oxygen atoms in total. The highest BCUT2D eigenvalue weighted by atomic mass is 31.2. The molecule has 0 aliphatic heterocycles. The van der Waals surface area contributed by atoms with Crippen molar-refractivity contribution in [3.63, 3.8) is 0 Å². The molecule has 0 aromatic heterocycles. The predicted octanol–water partition coefficient (Wildman–Crippen LogP) is 8.15. The zero-order valence-electron chi connectivity index (χ0n) is 18.9. The van der Waals surface area contributed by atoms with Crippen LogP contribution < -0.4 is 0 Å². The summed E-state index contributed by atoms with van der Waals surface area (Å²) in [7, 11) is -3.58. The second kappa shape index (κ2) is 19.8. The molecule has 6 heteroatoms. The molecule has 0 rings (SSSR count). The zero-order chi connectivity index (χ0) is 20.9. The lowest BCUT2D eigenvalue weighted by Gasteiger charge is -2.18. The first kappa shape index (κ1) is 27.5. The van der Waals surface area contributed by atoms with Gasteiger partial charge in [0.15, 0.2) is 0 Å². The van der Waals surface area contributed by atoms with Crippen LogP contribution >= 0.6 is 7.82 Å². The monoisotopic (exact) mass is 420 g/mol. The van der Waals surface area contributed by atoms with E-state index >= 15 is 0 Å². The van der Waals surface area contributed by atoms with Gasteiger partial charge in [-0.05, 0) is 39.7 Å². The van der Waals surface area contributed by atoms with Crippen LogP contribution in [0.25, 0.3) is 0 Å². The Morgan fingerprint density at radius 3 is 1.57 bits per heavy atom. The Bertz CT molecular complexity index is 402. The number of rotatable bonds is 21. The molecule has 0 aliphatic carbocycles. The van der Waals surface area contributed by atoms with Crippen molar-refractivity contribution in [2.45, 2.75) is 111 Å². The van der Waals surface area contributed by atoms with E-state index in [0.29, 0.717) is 6.61 Å². The topological polar surface area (TPSA) is 54.0 Å². The Morgan fingerprint density at radius 1 is 0.679 bits per heavy atom. The Morgan fingerprint density at radius 2 is 1.14 bits per heavy atom. The van der Waals surface area contributed by atoms with Gasteiger partial charge >= 0.3 is 7.82 Å². The maximum atomic E-state index is 12.4. The minimum Gasteiger partial charge on any atom is -0.466 e. The molecule has 28 heavy (non-hydrogen) atoms. The van der Waals surface area contributed by atoms with Gasteiger partial charge in [-0.1, -0.05) is 77.6 Å². The van der Waals surface area contributed by atoms with Crippen LogP contribution in [0.15, 0.2) is 12.0 Å². The molecular weight excluding hydrogens is 375 g/mol. The molecule has 0 bridgehead atoms. The van der Waals surface area contributed by atoms with Gasteiger partial charge in [0, 0.05) is 0 Å². The third kappa shape index (κ3) is 16.4. The van der Waals surface area contributed by atoms with E-state index < -0.39 is 7.82 Å². The quantitative estimate of drug-likeness (QED) is 0.106. The summed E-state index contributed by atoms with van der Waals surface area (Å²) in [5.74, 6) is 0.246. The fraction of sp³-hybridized carbons (Fsp3) is 0.909. The average molecular weight is 421 g/mol. The van der Waals surface area contributed by atoms with Crippen LogP contribution in [0.4, 0.5) is 0 Å². The number of unbranched alkanes of at least 4 members (excludes halogenated alkanes) is 12. The van der Waals surface area contributed by atoms with Gasteiger partial charge in [0.1, 0.15) is 0 Å². The third-order valence-electron chi connectivity index (χ3n) is 4.43. The maximum Gasteiger partial charge on any atom is 0.532 e. The van der Waals surface area contributed by atoms with E-state index in [-0.39, 0.29) is 19.2 Å². The first-order chi connectivity index (χ1) is 13.6. The van der Waals surface area contributed by atoms with Crippen LogP contribution in [0.2, 0.25) is 0 Å². The van der Waals surface area contributed by atoms with Gasteiger partial charge in [-0.25, -0.2) is 4.57 Å². The van der Waals surface area contributed by atoms with E-state index in [0.717, 1.165) is 12.8 Å². The molecule has 0 saturated heterocycles. The molecule has 0 fully saturated rings. The summed E-state index contributed by atoms with van der Waals surface area (Å²) in [5.41, 5.74) is 0. The summed E-state index contributed by atoms with van der Waals surface area (Å²) >= 11 is 0. The molecule has 0 amide bonds. The highest BCUT2D eigenvalue weighted by molar-refractivity contribution is 7.48. The highest BCUT2D eigenvalue weighted by Gasteiger charge is 2.28. The van der Waals surface area contributed by atoms with Crippen molar-refractivity contribution in [2.75, 3.05) is 19.8 Å². The fourth-order valence-corrected chi connectivity index (χ4v) is 4.15. The Hall–Kier alpha value is -0.510. The van der Waals surface area contributed by atoms with Crippen molar-refractivity contribution < 1.29 is 22.9 Å². The van der Waals surface area contributed by atoms with E-state index in [1.54, 1.807) is 13.8 Å². The van der Waals surface area contributed by atoms with Gasteiger partial charge in [0.05, 0.1) is 19.8 Å². The molecule has 0 saturated carbocycles. The predicted molar refractivity (Wildman–Crippen MR) is 117 cm³/mol. The van der Waals surface area contributed by atoms with Gasteiger partial charge in [-0.2, -0.15) is 0 Å². The van der Waals surface area contributed by atoms with Crippen molar-refractivity contribution in [1.29, 1.82) is 0 Å². The summed E-state index contributed by atoms with van der Waals surface area (Å²) in [6.07, 6.45) is 18.6. The molecule has 0 heterocycles. The largest absolute Gasteiger partial charge is 0.532 e. The molecule has 0 spiro atoms. The van der Waals surface area contributed by atoms with Crippen molar-refractivity contribution in [3.05, 3.63) is 12.0 Å². The number of hydrogen-bond acceptors (Lipinski definition) is 5. The Kier molecular flexibility index (Phi) is 19.4. The zero-order valence-corrected chi connectivity index (χ0v) is 19.8. The minimum absolute atomic E-state index is 0.246. The van der Waals surface area contributed by atoms with Crippen LogP contribution in [0.1, 0.15) is 111 Å². The SMILES string of the molecule is CCCCCCCCCCCCCC/C=C(\OCC)OP(=O)(OCC)OCC. The minimum atomic E-state index is -3.58. The van der Waals surface area contributed by atoms with Crippen LogP contribution in [0.3, 0.4) is 0 Å². The molecule has 0 radical (unpaired) electrons. The van der Waals surface area contributed by atoms with E-state index in [1.807, 2.05) is 13.0 Å². The number of allylic oxidation sites excluding steroid dienone is 1. The smallest absolute Gasteiger partial charge is 0.466 e. The van der Waals surface area contributed by atoms with E-state index in [9.17, 15) is 4.57 Å². The normalized spacial score (nSPS) is 12.4. The number of hydrogen-bond donors (Lipinski definition) is 0. The molecular formula is C22H45O5P. The summed E-state index contributed by atoms with van der Waals surface area (Å²) in [5, 5.41) is 0. The molecule has 0 unspecified atom stereocenters. The van der Waals surface area contributed by atoms with Crippen LogP contribution in [0.5, 0.6) is 0 Å². The Balaban J connectivity index is 3.89. The third-order valence-corrected chi connectivity index (χ3v) is 5.98. The fourth-order valence-electron chi connectivity index (χ4n) is 2.99. The second-order valence-electron chi connectivity index (χ2n) is 7.01. The lowest BCUT2D eigenvalue weighted by molar-refractivity contribution is 0.0655. The molecule has 0 atom stereocenters. The lowest BCUT2D eigenvalue weighted by atomic mass is 10.0. The molecule has 0 aromatic carbocycles. The average Bonchev–Trinajstić information content (AvgIpc) is 2.66. The van der Waals surface area contributed by atoms with Gasteiger partial charge in [-0.15, -0.1) is 0 Å². The van der Waals surface area contributed by atoms with E-state index in [1.165, 1.54) is 70.6 Å². The molecule has 0 N–H and O–H groups in total. The van der Waals surface area contributed by atoms with E-state index in [4.69, 9.17) is 18.3 Å². The summed E-state index contributed by atoms with van der Waals surface area (Å²) in [6.45, 7) is 8.61. The standard InChI is InChI=1S/C22H45O5P/c1-5-9-10-11-12-13-14-15-16-17-18-19-20-21-22(24-6-2)27-28(23,25-7-3)26-8-4/h21H,5-20H2,1-4H3/b22-21+. The van der Waals surface area contributed by atoms with Crippen LogP contribution in [-0.2, 0) is 22.9 Å².